The summed E-state index contributed by atoms with van der Waals surface area (Å²) in [4.78, 5) is 40.5. The molecule has 3 rings (SSSR count). The van der Waals surface area contributed by atoms with E-state index in [9.17, 15) is 27.6 Å². The maximum atomic E-state index is 13.8. The van der Waals surface area contributed by atoms with Crippen LogP contribution in [0.1, 0.15) is 22.2 Å². The van der Waals surface area contributed by atoms with Crippen molar-refractivity contribution in [2.75, 3.05) is 50.1 Å². The van der Waals surface area contributed by atoms with Crippen molar-refractivity contribution in [3.05, 3.63) is 45.1 Å². The summed E-state index contributed by atoms with van der Waals surface area (Å²) < 4.78 is 46.9. The summed E-state index contributed by atoms with van der Waals surface area (Å²) >= 11 is 6.94. The first kappa shape index (κ1) is 26.9. The highest BCUT2D eigenvalue weighted by atomic mass is 35.5. The number of likely N-dealkylation sites (N-methyl/N-ethyl adjacent to an activating group) is 1. The van der Waals surface area contributed by atoms with Gasteiger partial charge in [-0.2, -0.15) is 13.2 Å². The zero-order chi connectivity index (χ0) is 25.8. The van der Waals surface area contributed by atoms with Gasteiger partial charge in [-0.3, -0.25) is 19.3 Å². The van der Waals surface area contributed by atoms with Crippen LogP contribution in [-0.2, 0) is 20.5 Å². The number of rotatable bonds is 8. The molecule has 0 aliphatic carbocycles. The van der Waals surface area contributed by atoms with Crippen LogP contribution in [-0.4, -0.2) is 68.6 Å². The number of alkyl halides is 3. The number of benzene rings is 1. The summed E-state index contributed by atoms with van der Waals surface area (Å²) in [7, 11) is 1.66. The monoisotopic (exact) mass is 532 g/mol. The molecule has 2 aromatic rings. The van der Waals surface area contributed by atoms with Gasteiger partial charge in [0.15, 0.2) is 0 Å². The molecular weight excluding hydrogens is 509 g/mol. The van der Waals surface area contributed by atoms with E-state index < -0.39 is 35.5 Å². The number of hydrogen-bond donors (Lipinski definition) is 2. The van der Waals surface area contributed by atoms with E-state index in [1.807, 2.05) is 0 Å². The quantitative estimate of drug-likeness (QED) is 0.543. The normalized spacial score (nSPS) is 15.3. The highest BCUT2D eigenvalue weighted by Crippen LogP contribution is 2.38. The van der Waals surface area contributed by atoms with E-state index in [0.717, 1.165) is 28.4 Å². The first-order valence-electron chi connectivity index (χ1n) is 10.6. The van der Waals surface area contributed by atoms with Gasteiger partial charge in [0.05, 0.1) is 27.1 Å². The van der Waals surface area contributed by atoms with Crippen molar-refractivity contribution in [3.8, 4) is 0 Å². The molecule has 1 atom stereocenters. The number of morpholine rings is 1. The van der Waals surface area contributed by atoms with Crippen molar-refractivity contribution in [1.82, 2.24) is 10.2 Å². The van der Waals surface area contributed by atoms with Crippen LogP contribution in [0.5, 0.6) is 0 Å². The summed E-state index contributed by atoms with van der Waals surface area (Å²) in [5, 5.41) is 5.16. The molecule has 2 heterocycles. The molecule has 8 nitrogen and oxygen atoms in total. The Bertz CT molecular complexity index is 1090. The zero-order valence-corrected chi connectivity index (χ0v) is 20.5. The highest BCUT2D eigenvalue weighted by molar-refractivity contribution is 7.18. The lowest BCUT2D eigenvalue weighted by molar-refractivity contribution is -0.137. The first-order chi connectivity index (χ1) is 16.5. The third-order valence-electron chi connectivity index (χ3n) is 5.43. The zero-order valence-electron chi connectivity index (χ0n) is 18.9. The van der Waals surface area contributed by atoms with E-state index in [1.165, 1.54) is 6.07 Å². The molecule has 0 bridgehead atoms. The summed E-state index contributed by atoms with van der Waals surface area (Å²) in [5.41, 5.74) is -1.43. The Morgan fingerprint density at radius 2 is 2.03 bits per heavy atom. The number of nitrogens with one attached hydrogen (secondary N) is 2. The smallest absolute Gasteiger partial charge is 0.370 e. The number of hydrogen-bond acceptors (Lipinski definition) is 6. The maximum Gasteiger partial charge on any atom is 0.418 e. The van der Waals surface area contributed by atoms with Crippen molar-refractivity contribution < 1.29 is 32.3 Å². The molecule has 3 amide bonds. The Hall–Kier alpha value is -2.67. The molecule has 13 heteroatoms. The fraction of sp³-hybridized carbons (Fsp3) is 0.409. The lowest BCUT2D eigenvalue weighted by atomic mass is 10.1. The second-order valence-electron chi connectivity index (χ2n) is 7.72. The van der Waals surface area contributed by atoms with Gasteiger partial charge in [-0.15, -0.1) is 11.3 Å². The Balaban J connectivity index is 1.78. The van der Waals surface area contributed by atoms with E-state index in [-0.39, 0.29) is 37.7 Å². The molecule has 0 unspecified atom stereocenters. The topological polar surface area (TPSA) is 91.0 Å². The van der Waals surface area contributed by atoms with E-state index in [4.69, 9.17) is 16.3 Å². The van der Waals surface area contributed by atoms with Crippen LogP contribution in [0.4, 0.5) is 24.5 Å². The van der Waals surface area contributed by atoms with Crippen LogP contribution in [0.25, 0.3) is 0 Å². The van der Waals surface area contributed by atoms with Gasteiger partial charge < -0.3 is 20.3 Å². The van der Waals surface area contributed by atoms with Crippen LogP contribution in [0.3, 0.4) is 0 Å². The van der Waals surface area contributed by atoms with Gasteiger partial charge >= 0.3 is 6.18 Å². The number of nitrogens with zero attached hydrogens (tertiary/aromatic N) is 2. The fourth-order valence-electron chi connectivity index (χ4n) is 3.46. The average molecular weight is 533 g/mol. The number of carbonyl (C=O) groups excluding carboxylic acids is 3. The molecule has 1 aliphatic heterocycles. The third kappa shape index (κ3) is 6.72. The van der Waals surface area contributed by atoms with Crippen molar-refractivity contribution in [2.24, 2.45) is 0 Å². The first-order valence-corrected chi connectivity index (χ1v) is 11.8. The molecule has 1 aromatic carbocycles. The fourth-order valence-corrected chi connectivity index (χ4v) is 4.42. The largest absolute Gasteiger partial charge is 0.418 e. The molecule has 1 aliphatic rings. The van der Waals surface area contributed by atoms with Crippen LogP contribution < -0.4 is 15.5 Å². The summed E-state index contributed by atoms with van der Waals surface area (Å²) in [6, 6.07) is 5.54. The van der Waals surface area contributed by atoms with Crippen LogP contribution in [0.2, 0.25) is 4.34 Å². The number of amides is 3. The van der Waals surface area contributed by atoms with Gasteiger partial charge in [0.2, 0.25) is 5.91 Å². The molecule has 1 aromatic heterocycles. The third-order valence-corrected chi connectivity index (χ3v) is 6.66. The summed E-state index contributed by atoms with van der Waals surface area (Å²) in [6.45, 7) is 1.99. The van der Waals surface area contributed by atoms with Gasteiger partial charge in [0, 0.05) is 18.8 Å². The van der Waals surface area contributed by atoms with Crippen LogP contribution >= 0.6 is 22.9 Å². The summed E-state index contributed by atoms with van der Waals surface area (Å²) in [6.07, 6.45) is -4.76. The molecule has 0 radical (unpaired) electrons. The van der Waals surface area contributed by atoms with Crippen molar-refractivity contribution in [3.63, 3.8) is 0 Å². The van der Waals surface area contributed by atoms with Gasteiger partial charge in [0.25, 0.3) is 11.8 Å². The second kappa shape index (κ2) is 11.4. The number of anilines is 2. The molecule has 1 fully saturated rings. The number of thiophene rings is 1. The molecular formula is C22H24ClF3N4O4S. The SMILES string of the molecule is CCN(C)[C@H](CNC(=O)c1ccc(Cl)s1)C(=O)Nc1ccc(N2CCOCC2=O)c(C(F)(F)F)c1. The molecule has 190 valence electrons. The maximum absolute atomic E-state index is 13.8. The molecule has 2 N–H and O–H groups in total. The van der Waals surface area contributed by atoms with E-state index in [1.54, 1.807) is 31.0 Å². The lowest BCUT2D eigenvalue weighted by Crippen LogP contribution is -2.49. The Labute approximate surface area is 209 Å². The van der Waals surface area contributed by atoms with Crippen molar-refractivity contribution >= 4 is 52.0 Å². The molecule has 1 saturated heterocycles. The van der Waals surface area contributed by atoms with Gasteiger partial charge in [-0.25, -0.2) is 0 Å². The number of halogens is 4. The Morgan fingerprint density at radius 1 is 1.29 bits per heavy atom. The van der Waals surface area contributed by atoms with Gasteiger partial charge in [-0.1, -0.05) is 18.5 Å². The number of carbonyl (C=O) groups is 3. The Morgan fingerprint density at radius 3 is 2.63 bits per heavy atom. The minimum absolute atomic E-state index is 0.00780. The second-order valence-corrected chi connectivity index (χ2v) is 9.43. The van der Waals surface area contributed by atoms with E-state index >= 15 is 0 Å². The predicted octanol–water partition coefficient (Wildman–Crippen LogP) is 3.47. The van der Waals surface area contributed by atoms with Gasteiger partial charge in [0.1, 0.15) is 12.6 Å². The van der Waals surface area contributed by atoms with Crippen LogP contribution in [0, 0.1) is 0 Å². The molecule has 0 saturated carbocycles. The molecule has 35 heavy (non-hydrogen) atoms. The highest BCUT2D eigenvalue weighted by Gasteiger charge is 2.37. The van der Waals surface area contributed by atoms with E-state index in [2.05, 4.69) is 10.6 Å². The minimum atomic E-state index is -4.76. The molecule has 0 spiro atoms. The van der Waals surface area contributed by atoms with Crippen LogP contribution in [0.15, 0.2) is 30.3 Å². The number of ether oxygens (including phenoxy) is 1. The predicted molar refractivity (Wildman–Crippen MR) is 127 cm³/mol. The Kier molecular flexibility index (Phi) is 8.75. The van der Waals surface area contributed by atoms with Crippen molar-refractivity contribution in [2.45, 2.75) is 19.1 Å². The van der Waals surface area contributed by atoms with Crippen molar-refractivity contribution in [1.29, 1.82) is 0 Å². The standard InChI is InChI=1S/C22H24ClF3N4O4S/c1-3-29(2)16(11-27-21(33)17-6-7-18(23)35-17)20(32)28-13-4-5-15(14(10-13)22(24,25)26)30-8-9-34-12-19(30)31/h4-7,10,16H,3,8-9,11-12H2,1-2H3,(H,27,33)(H,28,32)/t16-/m1/s1. The van der Waals surface area contributed by atoms with Gasteiger partial charge in [-0.05, 0) is 43.9 Å². The minimum Gasteiger partial charge on any atom is -0.370 e. The van der Waals surface area contributed by atoms with E-state index in [0.29, 0.717) is 15.8 Å². The summed E-state index contributed by atoms with van der Waals surface area (Å²) in [5.74, 6) is -1.59. The average Bonchev–Trinajstić information content (AvgIpc) is 3.25. The lowest BCUT2D eigenvalue weighted by Gasteiger charge is -2.30.